The Balaban J connectivity index is 1.66. The molecule has 0 amide bonds. The molecule has 3 nitrogen and oxygen atoms in total. The molecule has 122 valence electrons. The van der Waals surface area contributed by atoms with Gasteiger partial charge in [-0.05, 0) is 44.7 Å². The van der Waals surface area contributed by atoms with Crippen molar-refractivity contribution >= 4 is 0 Å². The van der Waals surface area contributed by atoms with Gasteiger partial charge in [0.05, 0.1) is 13.2 Å². The van der Waals surface area contributed by atoms with E-state index >= 15 is 0 Å². The zero-order valence-corrected chi connectivity index (χ0v) is 14.0. The Morgan fingerprint density at radius 1 is 1.23 bits per heavy atom. The van der Waals surface area contributed by atoms with Crippen LogP contribution in [-0.4, -0.2) is 38.4 Å². The van der Waals surface area contributed by atoms with Crippen molar-refractivity contribution in [2.45, 2.75) is 45.3 Å². The maximum absolute atomic E-state index is 5.94. The highest BCUT2D eigenvalue weighted by Gasteiger charge is 2.24. The number of rotatable bonds is 8. The molecule has 3 heteroatoms. The summed E-state index contributed by atoms with van der Waals surface area (Å²) in [6.45, 7) is 12.4. The van der Waals surface area contributed by atoms with Crippen LogP contribution >= 0.6 is 0 Å². The Hall–Kier alpha value is -1.32. The van der Waals surface area contributed by atoms with Gasteiger partial charge in [0.1, 0.15) is 31.0 Å². The van der Waals surface area contributed by atoms with Gasteiger partial charge in [0.15, 0.2) is 0 Å². The number of allylic oxidation sites excluding steroid dienone is 1. The van der Waals surface area contributed by atoms with E-state index in [1.807, 2.05) is 12.1 Å². The molecule has 1 heterocycles. The molecule has 22 heavy (non-hydrogen) atoms. The lowest BCUT2D eigenvalue weighted by Crippen LogP contribution is -3.15. The Morgan fingerprint density at radius 2 is 1.95 bits per heavy atom. The molecule has 1 saturated heterocycles. The first-order chi connectivity index (χ1) is 10.7. The third-order valence-corrected chi connectivity index (χ3v) is 4.14. The first kappa shape index (κ1) is 17.0. The van der Waals surface area contributed by atoms with Gasteiger partial charge >= 0.3 is 0 Å². The SMILES string of the molecule is C=CCc1ccccc1OCCCC[NH+]1C[C@@H](C)O[C@H](C)C1. The number of benzene rings is 1. The summed E-state index contributed by atoms with van der Waals surface area (Å²) < 4.78 is 11.7. The summed E-state index contributed by atoms with van der Waals surface area (Å²) in [7, 11) is 0. The minimum absolute atomic E-state index is 0.390. The summed E-state index contributed by atoms with van der Waals surface area (Å²) in [4.78, 5) is 1.67. The van der Waals surface area contributed by atoms with Crippen molar-refractivity contribution in [3.63, 3.8) is 0 Å². The number of nitrogens with one attached hydrogen (secondary N) is 1. The molecule has 1 N–H and O–H groups in total. The van der Waals surface area contributed by atoms with E-state index in [1.165, 1.54) is 18.5 Å². The van der Waals surface area contributed by atoms with Crippen LogP contribution in [0.4, 0.5) is 0 Å². The van der Waals surface area contributed by atoms with E-state index in [0.717, 1.165) is 38.3 Å². The van der Waals surface area contributed by atoms with Crippen molar-refractivity contribution in [3.8, 4) is 5.75 Å². The average molecular weight is 304 g/mol. The van der Waals surface area contributed by atoms with Crippen molar-refractivity contribution in [2.75, 3.05) is 26.2 Å². The molecule has 0 spiro atoms. The third-order valence-electron chi connectivity index (χ3n) is 4.14. The first-order valence-electron chi connectivity index (χ1n) is 8.49. The van der Waals surface area contributed by atoms with Gasteiger partial charge < -0.3 is 14.4 Å². The van der Waals surface area contributed by atoms with Crippen molar-refractivity contribution < 1.29 is 14.4 Å². The molecule has 0 unspecified atom stereocenters. The summed E-state index contributed by atoms with van der Waals surface area (Å²) >= 11 is 0. The lowest BCUT2D eigenvalue weighted by Gasteiger charge is -2.32. The highest BCUT2D eigenvalue weighted by atomic mass is 16.5. The fourth-order valence-corrected chi connectivity index (χ4v) is 3.22. The molecule has 0 aliphatic carbocycles. The van der Waals surface area contributed by atoms with Crippen molar-refractivity contribution in [3.05, 3.63) is 42.5 Å². The summed E-state index contributed by atoms with van der Waals surface area (Å²) in [6, 6.07) is 8.24. The van der Waals surface area contributed by atoms with Crippen LogP contribution in [-0.2, 0) is 11.2 Å². The highest BCUT2D eigenvalue weighted by Crippen LogP contribution is 2.18. The standard InChI is InChI=1S/C19H29NO2/c1-4-9-18-10-5-6-11-19(18)21-13-8-7-12-20-14-16(2)22-17(3)15-20/h4-6,10-11,16-17H,1,7-9,12-15H2,2-3H3/p+1/t16-,17-/m1/s1. The molecule has 0 saturated carbocycles. The fraction of sp³-hybridized carbons (Fsp3) is 0.579. The number of ether oxygens (including phenoxy) is 2. The van der Waals surface area contributed by atoms with Crippen molar-refractivity contribution in [2.24, 2.45) is 0 Å². The summed E-state index contributed by atoms with van der Waals surface area (Å²) in [6.07, 6.45) is 5.88. The summed E-state index contributed by atoms with van der Waals surface area (Å²) in [5, 5.41) is 0. The van der Waals surface area contributed by atoms with E-state index in [4.69, 9.17) is 9.47 Å². The van der Waals surface area contributed by atoms with Gasteiger partial charge in [-0.2, -0.15) is 0 Å². The monoisotopic (exact) mass is 304 g/mol. The van der Waals surface area contributed by atoms with Crippen LogP contribution in [0.25, 0.3) is 0 Å². The Bertz CT molecular complexity index is 451. The number of para-hydroxylation sites is 1. The second-order valence-corrected chi connectivity index (χ2v) is 6.32. The lowest BCUT2D eigenvalue weighted by molar-refractivity contribution is -0.915. The fourth-order valence-electron chi connectivity index (χ4n) is 3.22. The van der Waals surface area contributed by atoms with Crippen molar-refractivity contribution in [1.82, 2.24) is 0 Å². The largest absolute Gasteiger partial charge is 0.493 e. The molecule has 2 atom stereocenters. The van der Waals surface area contributed by atoms with E-state index in [1.54, 1.807) is 4.90 Å². The van der Waals surface area contributed by atoms with Gasteiger partial charge in [-0.3, -0.25) is 0 Å². The summed E-state index contributed by atoms with van der Waals surface area (Å²) in [5.41, 5.74) is 1.22. The Kier molecular flexibility index (Phi) is 6.94. The molecule has 0 aromatic heterocycles. The van der Waals surface area contributed by atoms with E-state index in [2.05, 4.69) is 38.6 Å². The van der Waals surface area contributed by atoms with E-state index < -0.39 is 0 Å². The topological polar surface area (TPSA) is 22.9 Å². The molecular formula is C19H30NO2+. The van der Waals surface area contributed by atoms with Gasteiger partial charge in [-0.15, -0.1) is 6.58 Å². The molecule has 1 aromatic carbocycles. The number of quaternary nitrogens is 1. The third kappa shape index (κ3) is 5.47. The molecule has 1 fully saturated rings. The minimum atomic E-state index is 0.390. The molecule has 1 aliphatic heterocycles. The van der Waals surface area contributed by atoms with Crippen LogP contribution in [0.3, 0.4) is 0 Å². The lowest BCUT2D eigenvalue weighted by atomic mass is 10.1. The van der Waals surface area contributed by atoms with Gasteiger partial charge in [0, 0.05) is 0 Å². The first-order valence-corrected chi connectivity index (χ1v) is 8.49. The van der Waals surface area contributed by atoms with E-state index in [0.29, 0.717) is 12.2 Å². The number of hydrogen-bond acceptors (Lipinski definition) is 2. The smallest absolute Gasteiger partial charge is 0.122 e. The van der Waals surface area contributed by atoms with Crippen LogP contribution in [0.2, 0.25) is 0 Å². The molecule has 1 aromatic rings. The number of morpholine rings is 1. The quantitative estimate of drug-likeness (QED) is 0.588. The number of unbranched alkanes of at least 4 members (excludes halogenated alkanes) is 1. The Morgan fingerprint density at radius 3 is 2.68 bits per heavy atom. The maximum Gasteiger partial charge on any atom is 0.122 e. The number of hydrogen-bond donors (Lipinski definition) is 1. The molecule has 0 bridgehead atoms. The average Bonchev–Trinajstić information content (AvgIpc) is 2.48. The summed E-state index contributed by atoms with van der Waals surface area (Å²) in [5.74, 6) is 1.00. The zero-order chi connectivity index (χ0) is 15.8. The predicted octanol–water partition coefficient (Wildman–Crippen LogP) is 2.27. The van der Waals surface area contributed by atoms with Gasteiger partial charge in [0.2, 0.25) is 0 Å². The van der Waals surface area contributed by atoms with Crippen LogP contribution in [0.1, 0.15) is 32.3 Å². The van der Waals surface area contributed by atoms with Crippen LogP contribution in [0.15, 0.2) is 36.9 Å². The Labute approximate surface area is 134 Å². The minimum Gasteiger partial charge on any atom is -0.493 e. The van der Waals surface area contributed by atoms with Gasteiger partial charge in [-0.25, -0.2) is 0 Å². The second kappa shape index (κ2) is 8.96. The van der Waals surface area contributed by atoms with Crippen LogP contribution in [0, 0.1) is 0 Å². The molecule has 1 aliphatic rings. The van der Waals surface area contributed by atoms with Gasteiger partial charge in [-0.1, -0.05) is 24.3 Å². The molecule has 0 radical (unpaired) electrons. The predicted molar refractivity (Wildman–Crippen MR) is 90.6 cm³/mol. The van der Waals surface area contributed by atoms with Gasteiger partial charge in [0.25, 0.3) is 0 Å². The van der Waals surface area contributed by atoms with Crippen LogP contribution in [0.5, 0.6) is 5.75 Å². The normalized spacial score (nSPS) is 24.9. The zero-order valence-electron chi connectivity index (χ0n) is 14.0. The van der Waals surface area contributed by atoms with E-state index in [-0.39, 0.29) is 0 Å². The van der Waals surface area contributed by atoms with Crippen molar-refractivity contribution in [1.29, 1.82) is 0 Å². The van der Waals surface area contributed by atoms with Crippen LogP contribution < -0.4 is 9.64 Å². The highest BCUT2D eigenvalue weighted by molar-refractivity contribution is 5.34. The van der Waals surface area contributed by atoms with E-state index in [9.17, 15) is 0 Å². The molecule has 2 rings (SSSR count). The molecular weight excluding hydrogens is 274 g/mol. The second-order valence-electron chi connectivity index (χ2n) is 6.32. The maximum atomic E-state index is 5.94.